The highest BCUT2D eigenvalue weighted by atomic mass is 16.6. The molecule has 0 N–H and O–H groups in total. The molecule has 0 bridgehead atoms. The van der Waals surface area contributed by atoms with Gasteiger partial charge in [0.15, 0.2) is 0 Å². The van der Waals surface area contributed by atoms with E-state index < -0.39 is 27.4 Å². The number of likely N-dealkylation sites (tertiary alicyclic amines) is 1. The van der Waals surface area contributed by atoms with Gasteiger partial charge in [-0.2, -0.15) is 0 Å². The molecule has 0 radical (unpaired) electrons. The number of esters is 1. The summed E-state index contributed by atoms with van der Waals surface area (Å²) in [4.78, 5) is 35.3. The second-order valence-electron chi connectivity index (χ2n) is 7.87. The highest BCUT2D eigenvalue weighted by Gasteiger charge is 2.47. The zero-order valence-electron chi connectivity index (χ0n) is 17.2. The lowest BCUT2D eigenvalue weighted by Gasteiger charge is -2.45. The molecule has 1 heterocycles. The first-order valence-electron chi connectivity index (χ1n) is 9.66. The summed E-state index contributed by atoms with van der Waals surface area (Å²) in [5.41, 5.74) is 3.34. The minimum atomic E-state index is -1.36. The molecule has 0 saturated carbocycles. The molecule has 2 aromatic carbocycles. The fourth-order valence-corrected chi connectivity index (χ4v) is 4.24. The van der Waals surface area contributed by atoms with E-state index >= 15 is 0 Å². The van der Waals surface area contributed by atoms with E-state index in [9.17, 15) is 24.8 Å². The molecule has 2 aromatic rings. The normalized spacial score (nSPS) is 23.6. The number of benzene rings is 2. The number of piperidine rings is 1. The Balaban J connectivity index is 2.09. The van der Waals surface area contributed by atoms with Crippen molar-refractivity contribution < 1.29 is 24.4 Å². The minimum absolute atomic E-state index is 0.0336. The monoisotopic (exact) mass is 412 g/mol. The largest absolute Gasteiger partial charge is 0.498 e. The van der Waals surface area contributed by atoms with E-state index in [0.717, 1.165) is 16.7 Å². The molecule has 3 rings (SSSR count). The van der Waals surface area contributed by atoms with Gasteiger partial charge in [0.05, 0.1) is 18.6 Å². The Morgan fingerprint density at radius 3 is 2.27 bits per heavy atom. The maximum Gasteiger partial charge on any atom is 0.314 e. The molecule has 1 fully saturated rings. The van der Waals surface area contributed by atoms with Crippen molar-refractivity contribution in [3.8, 4) is 0 Å². The molecule has 1 aliphatic rings. The molecule has 3 atom stereocenters. The summed E-state index contributed by atoms with van der Waals surface area (Å²) in [6.45, 7) is 4.12. The number of nitro groups is 1. The minimum Gasteiger partial charge on any atom is -0.498 e. The predicted octanol–water partition coefficient (Wildman–Crippen LogP) is 2.84. The molecule has 30 heavy (non-hydrogen) atoms. The number of methoxy groups -OCH3 is 1. The number of amides is 1. The number of aryl methyl sites for hydroxylation is 2. The second-order valence-corrected chi connectivity index (χ2v) is 7.87. The van der Waals surface area contributed by atoms with Gasteiger partial charge in [0.25, 0.3) is 11.8 Å². The van der Waals surface area contributed by atoms with Crippen LogP contribution in [0, 0.1) is 29.9 Å². The third-order valence-electron chi connectivity index (χ3n) is 6.07. The van der Waals surface area contributed by atoms with Crippen molar-refractivity contribution in [3.05, 3.63) is 69.3 Å². The number of carbonyl (C=O) groups excluding carboxylic acids is 2. The summed E-state index contributed by atoms with van der Waals surface area (Å²) in [7, 11) is 1.28. The van der Waals surface area contributed by atoms with Crippen LogP contribution in [0.15, 0.2) is 42.5 Å². The van der Waals surface area contributed by atoms with E-state index in [1.807, 2.05) is 32.0 Å². The fourth-order valence-electron chi connectivity index (χ4n) is 4.24. The summed E-state index contributed by atoms with van der Waals surface area (Å²) in [5.74, 6) is -1.35. The van der Waals surface area contributed by atoms with Gasteiger partial charge in [-0.3, -0.25) is 14.9 Å². The molecular formula is C22H24N2O6. The van der Waals surface area contributed by atoms with Gasteiger partial charge >= 0.3 is 5.97 Å². The highest BCUT2D eigenvalue weighted by molar-refractivity contribution is 5.82. The van der Waals surface area contributed by atoms with Crippen molar-refractivity contribution >= 4 is 23.4 Å². The van der Waals surface area contributed by atoms with Crippen LogP contribution in [0.5, 0.6) is 0 Å². The average molecular weight is 412 g/mol. The highest BCUT2D eigenvalue weighted by Crippen LogP contribution is 2.39. The van der Waals surface area contributed by atoms with Gasteiger partial charge < -0.3 is 14.6 Å². The Bertz CT molecular complexity index is 988. The Labute approximate surface area is 174 Å². The number of quaternary nitrogens is 1. The SMILES string of the molecule is COC(=O)C1CC(c2ccc(C)c(C)c2)C[N+](C(=O)[O-])(c2ccc([N+](=O)[O-])cc2)C1. The van der Waals surface area contributed by atoms with Crippen LogP contribution < -0.4 is 9.59 Å². The average Bonchev–Trinajstić information content (AvgIpc) is 2.74. The lowest BCUT2D eigenvalue weighted by molar-refractivity contribution is -0.384. The first-order chi connectivity index (χ1) is 14.2. The van der Waals surface area contributed by atoms with Gasteiger partial charge in [-0.05, 0) is 37.0 Å². The molecule has 8 nitrogen and oxygen atoms in total. The van der Waals surface area contributed by atoms with E-state index in [2.05, 4.69) is 0 Å². The van der Waals surface area contributed by atoms with Crippen molar-refractivity contribution in [1.29, 1.82) is 0 Å². The first kappa shape index (κ1) is 21.4. The zero-order valence-corrected chi connectivity index (χ0v) is 17.2. The van der Waals surface area contributed by atoms with Crippen molar-refractivity contribution in [1.82, 2.24) is 4.48 Å². The van der Waals surface area contributed by atoms with Gasteiger partial charge in [0.2, 0.25) is 0 Å². The van der Waals surface area contributed by atoms with E-state index in [1.165, 1.54) is 31.4 Å². The van der Waals surface area contributed by atoms with E-state index in [0.29, 0.717) is 12.1 Å². The molecule has 1 amide bonds. The number of ether oxygens (including phenoxy) is 1. The molecule has 1 saturated heterocycles. The third kappa shape index (κ3) is 3.91. The molecule has 3 unspecified atom stereocenters. The molecule has 1 aliphatic heterocycles. The number of non-ortho nitro benzene ring substituents is 1. The lowest BCUT2D eigenvalue weighted by atomic mass is 9.82. The topological polar surface area (TPSA) is 110 Å². The number of nitrogens with zero attached hydrogens (tertiary/aromatic N) is 2. The van der Waals surface area contributed by atoms with Gasteiger partial charge in [-0.15, -0.1) is 0 Å². The molecule has 8 heteroatoms. The van der Waals surface area contributed by atoms with Crippen LogP contribution in [-0.2, 0) is 9.53 Å². The second kappa shape index (κ2) is 8.23. The molecule has 158 valence electrons. The summed E-state index contributed by atoms with van der Waals surface area (Å²) in [6, 6.07) is 11.3. The molecule has 0 aliphatic carbocycles. The van der Waals surface area contributed by atoms with Crippen LogP contribution in [0.4, 0.5) is 16.2 Å². The number of carbonyl (C=O) groups is 2. The molecular weight excluding hydrogens is 388 g/mol. The van der Waals surface area contributed by atoms with Crippen LogP contribution in [-0.4, -0.2) is 37.2 Å². The summed E-state index contributed by atoms with van der Waals surface area (Å²) < 4.78 is 4.32. The number of rotatable bonds is 4. The Morgan fingerprint density at radius 2 is 1.73 bits per heavy atom. The van der Waals surface area contributed by atoms with Gasteiger partial charge in [-0.25, -0.2) is 4.48 Å². The van der Waals surface area contributed by atoms with Gasteiger partial charge in [0.1, 0.15) is 18.2 Å². The van der Waals surface area contributed by atoms with Crippen molar-refractivity contribution in [2.24, 2.45) is 5.92 Å². The quantitative estimate of drug-likeness (QED) is 0.331. The number of hydrogen-bond acceptors (Lipinski definition) is 6. The smallest absolute Gasteiger partial charge is 0.314 e. The molecule has 0 spiro atoms. The van der Waals surface area contributed by atoms with Crippen LogP contribution in [0.1, 0.15) is 29.0 Å². The van der Waals surface area contributed by atoms with Crippen LogP contribution in [0.2, 0.25) is 0 Å². The number of nitro benzene ring substituents is 1. The van der Waals surface area contributed by atoms with E-state index in [1.54, 1.807) is 0 Å². The zero-order chi connectivity index (χ0) is 22.1. The van der Waals surface area contributed by atoms with Crippen LogP contribution in [0.3, 0.4) is 0 Å². The van der Waals surface area contributed by atoms with Crippen LogP contribution >= 0.6 is 0 Å². The Hall–Kier alpha value is -3.26. The van der Waals surface area contributed by atoms with E-state index in [-0.39, 0.29) is 24.7 Å². The Kier molecular flexibility index (Phi) is 5.89. The number of hydrogen-bond donors (Lipinski definition) is 0. The van der Waals surface area contributed by atoms with E-state index in [4.69, 9.17) is 4.74 Å². The van der Waals surface area contributed by atoms with Crippen molar-refractivity contribution in [3.63, 3.8) is 0 Å². The van der Waals surface area contributed by atoms with Gasteiger partial charge in [0, 0.05) is 30.2 Å². The number of carboxylic acid groups (broad SMARTS) is 1. The Morgan fingerprint density at radius 1 is 1.07 bits per heavy atom. The summed E-state index contributed by atoms with van der Waals surface area (Å²) in [5, 5.41) is 23.4. The molecule has 0 aromatic heterocycles. The summed E-state index contributed by atoms with van der Waals surface area (Å²) >= 11 is 0. The standard InChI is InChI=1S/C22H24N2O6/c1-14-4-5-16(10-15(14)2)17-11-18(21(25)30-3)13-24(12-17,22(26)27)20-8-6-19(7-9-20)23(28)29/h4-10,17-18H,11-13H2,1-3H3. The lowest BCUT2D eigenvalue weighted by Crippen LogP contribution is -2.66. The van der Waals surface area contributed by atoms with Crippen molar-refractivity contribution in [2.45, 2.75) is 26.2 Å². The predicted molar refractivity (Wildman–Crippen MR) is 109 cm³/mol. The maximum absolute atomic E-state index is 12.4. The van der Waals surface area contributed by atoms with Crippen molar-refractivity contribution in [2.75, 3.05) is 20.2 Å². The summed E-state index contributed by atoms with van der Waals surface area (Å²) in [6.07, 6.45) is -0.901. The third-order valence-corrected chi connectivity index (χ3v) is 6.07. The maximum atomic E-state index is 12.4. The van der Waals surface area contributed by atoms with Gasteiger partial charge in [-0.1, -0.05) is 18.2 Å². The first-order valence-corrected chi connectivity index (χ1v) is 9.66. The van der Waals surface area contributed by atoms with Crippen LogP contribution in [0.25, 0.3) is 0 Å². The fraction of sp³-hybridized carbons (Fsp3) is 0.364.